The van der Waals surface area contributed by atoms with E-state index in [0.717, 1.165) is 5.56 Å². The summed E-state index contributed by atoms with van der Waals surface area (Å²) in [6, 6.07) is 3.47. The number of rotatable bonds is 4. The summed E-state index contributed by atoms with van der Waals surface area (Å²) in [5.74, 6) is 0.284. The lowest BCUT2D eigenvalue weighted by atomic mass is 10.1. The zero-order chi connectivity index (χ0) is 14.1. The van der Waals surface area contributed by atoms with Crippen LogP contribution in [0.5, 0.6) is 0 Å². The Morgan fingerprint density at radius 1 is 1.28 bits per heavy atom. The highest BCUT2D eigenvalue weighted by molar-refractivity contribution is 7.89. The fourth-order valence-corrected chi connectivity index (χ4v) is 3.57. The molecule has 1 aromatic rings. The van der Waals surface area contributed by atoms with Crippen molar-refractivity contribution in [1.29, 1.82) is 0 Å². The first-order chi connectivity index (χ1) is 8.16. The number of anilines is 1. The second kappa shape index (κ2) is 5.28. The molecule has 0 saturated carbocycles. The van der Waals surface area contributed by atoms with E-state index in [9.17, 15) is 8.42 Å². The molecule has 0 bridgehead atoms. The minimum atomic E-state index is -3.46. The van der Waals surface area contributed by atoms with Crippen molar-refractivity contribution in [3.8, 4) is 0 Å². The van der Waals surface area contributed by atoms with E-state index in [1.54, 1.807) is 26.1 Å². The van der Waals surface area contributed by atoms with Crippen LogP contribution in [0.4, 0.5) is 5.69 Å². The Balaban J connectivity index is 3.29. The minimum absolute atomic E-state index is 0.284. The number of hydrogen-bond donors (Lipinski definition) is 1. The molecule has 0 saturated heterocycles. The van der Waals surface area contributed by atoms with Gasteiger partial charge in [0.1, 0.15) is 0 Å². The standard InChI is InChI=1S/C13H22N2O2S/c1-9(2)8-15(5)18(16,17)13-7-10(3)6-12(14)11(13)4/h6-7,9H,8,14H2,1-5H3. The van der Waals surface area contributed by atoms with Crippen molar-refractivity contribution in [1.82, 2.24) is 4.31 Å². The van der Waals surface area contributed by atoms with E-state index in [0.29, 0.717) is 22.7 Å². The predicted molar refractivity (Wildman–Crippen MR) is 75.0 cm³/mol. The summed E-state index contributed by atoms with van der Waals surface area (Å²) in [6.07, 6.45) is 0. The SMILES string of the molecule is Cc1cc(N)c(C)c(S(=O)(=O)N(C)CC(C)C)c1. The fraction of sp³-hybridized carbons (Fsp3) is 0.538. The maximum atomic E-state index is 12.5. The molecule has 0 atom stereocenters. The van der Waals surface area contributed by atoms with Gasteiger partial charge in [-0.1, -0.05) is 13.8 Å². The summed E-state index contributed by atoms with van der Waals surface area (Å²) in [5, 5.41) is 0. The average molecular weight is 270 g/mol. The maximum absolute atomic E-state index is 12.5. The lowest BCUT2D eigenvalue weighted by Crippen LogP contribution is -2.31. The van der Waals surface area contributed by atoms with Gasteiger partial charge in [0.05, 0.1) is 4.90 Å². The van der Waals surface area contributed by atoms with Crippen LogP contribution in [0, 0.1) is 19.8 Å². The third-order valence-electron chi connectivity index (χ3n) is 2.86. The van der Waals surface area contributed by atoms with E-state index in [1.807, 2.05) is 20.8 Å². The molecule has 0 heterocycles. The molecule has 0 aliphatic carbocycles. The van der Waals surface area contributed by atoms with Gasteiger partial charge in [0.25, 0.3) is 0 Å². The van der Waals surface area contributed by atoms with E-state index in [-0.39, 0.29) is 5.92 Å². The zero-order valence-electron chi connectivity index (χ0n) is 11.7. The number of benzene rings is 1. The van der Waals surface area contributed by atoms with E-state index in [1.165, 1.54) is 4.31 Å². The fourth-order valence-electron chi connectivity index (χ4n) is 1.90. The first-order valence-corrected chi connectivity index (χ1v) is 7.43. The lowest BCUT2D eigenvalue weighted by molar-refractivity contribution is 0.417. The van der Waals surface area contributed by atoms with Gasteiger partial charge in [0.15, 0.2) is 0 Å². The van der Waals surface area contributed by atoms with Gasteiger partial charge < -0.3 is 5.73 Å². The summed E-state index contributed by atoms with van der Waals surface area (Å²) < 4.78 is 26.3. The zero-order valence-corrected chi connectivity index (χ0v) is 12.5. The van der Waals surface area contributed by atoms with Gasteiger partial charge in [-0.3, -0.25) is 0 Å². The molecule has 0 amide bonds. The van der Waals surface area contributed by atoms with Gasteiger partial charge in [-0.15, -0.1) is 0 Å². The largest absolute Gasteiger partial charge is 0.398 e. The Hall–Kier alpha value is -1.07. The normalized spacial score (nSPS) is 12.4. The van der Waals surface area contributed by atoms with Gasteiger partial charge in [0.2, 0.25) is 10.0 Å². The molecule has 102 valence electrons. The molecular formula is C13H22N2O2S. The third-order valence-corrected chi connectivity index (χ3v) is 4.80. The van der Waals surface area contributed by atoms with Gasteiger partial charge in [-0.2, -0.15) is 0 Å². The van der Waals surface area contributed by atoms with Crippen molar-refractivity contribution in [3.63, 3.8) is 0 Å². The van der Waals surface area contributed by atoms with Crippen LogP contribution in [-0.2, 0) is 10.0 Å². The number of hydrogen-bond acceptors (Lipinski definition) is 3. The highest BCUT2D eigenvalue weighted by Gasteiger charge is 2.24. The van der Waals surface area contributed by atoms with Crippen LogP contribution in [0.1, 0.15) is 25.0 Å². The molecule has 5 heteroatoms. The van der Waals surface area contributed by atoms with E-state index in [4.69, 9.17) is 5.73 Å². The molecule has 0 aliphatic heterocycles. The van der Waals surface area contributed by atoms with Crippen molar-refractivity contribution in [2.75, 3.05) is 19.3 Å². The van der Waals surface area contributed by atoms with Crippen LogP contribution < -0.4 is 5.73 Å². The van der Waals surface area contributed by atoms with Crippen LogP contribution in [0.2, 0.25) is 0 Å². The summed E-state index contributed by atoms with van der Waals surface area (Å²) in [6.45, 7) is 8.06. The Morgan fingerprint density at radius 2 is 1.83 bits per heavy atom. The molecule has 1 rings (SSSR count). The first kappa shape index (κ1) is 15.0. The summed E-state index contributed by atoms with van der Waals surface area (Å²) in [5.41, 5.74) is 7.83. The molecule has 18 heavy (non-hydrogen) atoms. The van der Waals surface area contributed by atoms with Crippen molar-refractivity contribution < 1.29 is 8.42 Å². The van der Waals surface area contributed by atoms with Crippen LogP contribution in [0.15, 0.2) is 17.0 Å². The second-order valence-electron chi connectivity index (χ2n) is 5.16. The summed E-state index contributed by atoms with van der Waals surface area (Å²) in [7, 11) is -1.85. The first-order valence-electron chi connectivity index (χ1n) is 5.99. The Morgan fingerprint density at radius 3 is 2.33 bits per heavy atom. The number of nitrogens with zero attached hydrogens (tertiary/aromatic N) is 1. The van der Waals surface area contributed by atoms with E-state index in [2.05, 4.69) is 0 Å². The Labute approximate surface area is 110 Å². The topological polar surface area (TPSA) is 63.4 Å². The monoisotopic (exact) mass is 270 g/mol. The van der Waals surface area contributed by atoms with E-state index >= 15 is 0 Å². The van der Waals surface area contributed by atoms with Crippen molar-refractivity contribution >= 4 is 15.7 Å². The van der Waals surface area contributed by atoms with Crippen molar-refractivity contribution in [2.45, 2.75) is 32.6 Å². The van der Waals surface area contributed by atoms with Gasteiger partial charge in [0, 0.05) is 19.3 Å². The third kappa shape index (κ3) is 3.03. The summed E-state index contributed by atoms with van der Waals surface area (Å²) >= 11 is 0. The molecule has 0 radical (unpaired) electrons. The maximum Gasteiger partial charge on any atom is 0.243 e. The summed E-state index contributed by atoms with van der Waals surface area (Å²) in [4.78, 5) is 0.308. The number of nitrogen functional groups attached to an aromatic ring is 1. The van der Waals surface area contributed by atoms with Crippen molar-refractivity contribution in [3.05, 3.63) is 23.3 Å². The van der Waals surface area contributed by atoms with E-state index < -0.39 is 10.0 Å². The quantitative estimate of drug-likeness (QED) is 0.853. The Bertz CT molecular complexity index is 536. The van der Waals surface area contributed by atoms with Crippen LogP contribution in [0.3, 0.4) is 0 Å². The van der Waals surface area contributed by atoms with Crippen LogP contribution >= 0.6 is 0 Å². The average Bonchev–Trinajstić information content (AvgIpc) is 2.22. The smallest absolute Gasteiger partial charge is 0.243 e. The number of nitrogens with two attached hydrogens (primary N) is 1. The molecule has 4 nitrogen and oxygen atoms in total. The van der Waals surface area contributed by atoms with Gasteiger partial charge in [-0.25, -0.2) is 12.7 Å². The van der Waals surface area contributed by atoms with Gasteiger partial charge in [-0.05, 0) is 43.0 Å². The highest BCUT2D eigenvalue weighted by Crippen LogP contribution is 2.25. The van der Waals surface area contributed by atoms with Crippen molar-refractivity contribution in [2.24, 2.45) is 5.92 Å². The molecule has 0 unspecified atom stereocenters. The van der Waals surface area contributed by atoms with Gasteiger partial charge >= 0.3 is 0 Å². The minimum Gasteiger partial charge on any atom is -0.398 e. The Kier molecular flexibility index (Phi) is 4.40. The molecule has 0 spiro atoms. The molecule has 2 N–H and O–H groups in total. The number of sulfonamides is 1. The van der Waals surface area contributed by atoms with Crippen LogP contribution in [-0.4, -0.2) is 26.3 Å². The number of aryl methyl sites for hydroxylation is 1. The highest BCUT2D eigenvalue weighted by atomic mass is 32.2. The molecular weight excluding hydrogens is 248 g/mol. The predicted octanol–water partition coefficient (Wildman–Crippen LogP) is 2.16. The molecule has 0 aliphatic rings. The lowest BCUT2D eigenvalue weighted by Gasteiger charge is -2.21. The molecule has 1 aromatic carbocycles. The molecule has 0 aromatic heterocycles. The molecule has 0 fully saturated rings. The van der Waals surface area contributed by atoms with Crippen LogP contribution in [0.25, 0.3) is 0 Å². The second-order valence-corrected chi connectivity index (χ2v) is 7.17.